The molecule has 0 bridgehead atoms. The van der Waals surface area contributed by atoms with E-state index in [2.05, 4.69) is 15.3 Å². The average molecular weight is 448 g/mol. The Morgan fingerprint density at radius 1 is 1.23 bits per heavy atom. The molecule has 0 aliphatic rings. The van der Waals surface area contributed by atoms with Crippen molar-refractivity contribution in [2.24, 2.45) is 0 Å². The molecular formula is C20H15ClFN3O4S. The molecule has 0 saturated carbocycles. The van der Waals surface area contributed by atoms with Crippen molar-refractivity contribution in [2.75, 3.05) is 11.6 Å². The van der Waals surface area contributed by atoms with Crippen molar-refractivity contribution in [3.05, 3.63) is 71.1 Å². The summed E-state index contributed by atoms with van der Waals surface area (Å²) in [6.45, 7) is 0. The first kappa shape index (κ1) is 21.4. The molecule has 0 saturated heterocycles. The summed E-state index contributed by atoms with van der Waals surface area (Å²) >= 11 is 5.76. The highest BCUT2D eigenvalue weighted by Crippen LogP contribution is 2.28. The zero-order chi connectivity index (χ0) is 21.9. The Bertz CT molecular complexity index is 1260. The molecule has 7 nitrogen and oxygen atoms in total. The number of anilines is 2. The summed E-state index contributed by atoms with van der Waals surface area (Å²) in [6, 6.07) is 10.5. The third-order valence-electron chi connectivity index (χ3n) is 3.90. The lowest BCUT2D eigenvalue weighted by Crippen LogP contribution is -2.07. The van der Waals surface area contributed by atoms with E-state index in [9.17, 15) is 17.6 Å². The summed E-state index contributed by atoms with van der Waals surface area (Å²) in [6.07, 6.45) is 4.73. The first-order valence-electron chi connectivity index (χ1n) is 8.44. The topological polar surface area (TPSA) is 109 Å². The molecule has 0 unspecified atom stereocenters. The third-order valence-corrected chi connectivity index (χ3v) is 5.20. The quantitative estimate of drug-likeness (QED) is 0.431. The molecule has 0 aliphatic carbocycles. The largest absolute Gasteiger partial charge is 0.478 e. The number of halogens is 2. The van der Waals surface area contributed by atoms with Gasteiger partial charge in [0.2, 0.25) is 5.95 Å². The second kappa shape index (κ2) is 8.60. The van der Waals surface area contributed by atoms with Gasteiger partial charge in [0.05, 0.1) is 5.02 Å². The maximum absolute atomic E-state index is 13.3. The minimum absolute atomic E-state index is 0.0104. The van der Waals surface area contributed by atoms with Crippen molar-refractivity contribution in [1.82, 2.24) is 9.97 Å². The highest BCUT2D eigenvalue weighted by molar-refractivity contribution is 7.90. The summed E-state index contributed by atoms with van der Waals surface area (Å²) < 4.78 is 38.0. The lowest BCUT2D eigenvalue weighted by atomic mass is 10.1. The molecule has 1 heterocycles. The normalized spacial score (nSPS) is 11.6. The van der Waals surface area contributed by atoms with Crippen molar-refractivity contribution in [3.8, 4) is 11.1 Å². The number of nitrogens with one attached hydrogen (secondary N) is 1. The number of nitrogens with zero attached hydrogens (tertiary/aromatic N) is 2. The van der Waals surface area contributed by atoms with E-state index < -0.39 is 21.6 Å². The minimum atomic E-state index is -3.74. The smallest absolute Gasteiger partial charge is 0.328 e. The van der Waals surface area contributed by atoms with Crippen LogP contribution < -0.4 is 5.32 Å². The summed E-state index contributed by atoms with van der Waals surface area (Å²) in [7, 11) is -3.74. The van der Waals surface area contributed by atoms with Gasteiger partial charge in [0.25, 0.3) is 0 Å². The van der Waals surface area contributed by atoms with E-state index >= 15 is 0 Å². The van der Waals surface area contributed by atoms with Gasteiger partial charge in [0.1, 0.15) is 5.82 Å². The van der Waals surface area contributed by atoms with Gasteiger partial charge in [-0.3, -0.25) is 0 Å². The maximum atomic E-state index is 13.3. The van der Waals surface area contributed by atoms with Crippen LogP contribution in [-0.4, -0.2) is 35.7 Å². The van der Waals surface area contributed by atoms with Crippen LogP contribution in [0, 0.1) is 5.82 Å². The number of carboxylic acid groups (broad SMARTS) is 1. The molecule has 2 aromatic carbocycles. The van der Waals surface area contributed by atoms with Crippen LogP contribution in [0.2, 0.25) is 5.02 Å². The van der Waals surface area contributed by atoms with E-state index in [-0.39, 0.29) is 21.6 Å². The lowest BCUT2D eigenvalue weighted by Gasteiger charge is -2.11. The van der Waals surface area contributed by atoms with Crippen molar-refractivity contribution >= 4 is 45.1 Å². The van der Waals surface area contributed by atoms with Gasteiger partial charge in [0.15, 0.2) is 14.9 Å². The van der Waals surface area contributed by atoms with Gasteiger partial charge in [-0.15, -0.1) is 0 Å². The van der Waals surface area contributed by atoms with Gasteiger partial charge >= 0.3 is 5.97 Å². The Hall–Kier alpha value is -3.30. The maximum Gasteiger partial charge on any atom is 0.328 e. The number of carboxylic acids is 1. The van der Waals surface area contributed by atoms with Gasteiger partial charge < -0.3 is 10.4 Å². The Balaban J connectivity index is 2.03. The predicted octanol–water partition coefficient (Wildman–Crippen LogP) is 4.18. The van der Waals surface area contributed by atoms with Crippen LogP contribution in [0.1, 0.15) is 5.56 Å². The second-order valence-corrected chi connectivity index (χ2v) is 8.57. The Kier molecular flexibility index (Phi) is 6.14. The molecule has 0 aliphatic heterocycles. The molecule has 1 aromatic heterocycles. The number of hydrogen-bond acceptors (Lipinski definition) is 6. The highest BCUT2D eigenvalue weighted by Gasteiger charge is 2.19. The fourth-order valence-corrected chi connectivity index (χ4v) is 3.59. The molecule has 3 rings (SSSR count). The number of hydrogen-bond donors (Lipinski definition) is 2. The SMILES string of the molecule is CS(=O)(=O)c1nc(Nc2ccc(F)c(Cl)c2)ncc1-c1cccc(/C=C/C(=O)O)c1. The van der Waals surface area contributed by atoms with Gasteiger partial charge in [-0.05, 0) is 41.5 Å². The number of aromatic nitrogens is 2. The number of sulfone groups is 1. The molecule has 10 heteroatoms. The molecule has 0 radical (unpaired) electrons. The zero-order valence-corrected chi connectivity index (χ0v) is 17.1. The molecule has 0 spiro atoms. The van der Waals surface area contributed by atoms with Crippen LogP contribution in [0.3, 0.4) is 0 Å². The summed E-state index contributed by atoms with van der Waals surface area (Å²) in [5.74, 6) is -1.70. The molecule has 0 atom stereocenters. The molecule has 30 heavy (non-hydrogen) atoms. The summed E-state index contributed by atoms with van der Waals surface area (Å²) in [5, 5.41) is 11.2. The number of benzene rings is 2. The summed E-state index contributed by atoms with van der Waals surface area (Å²) in [5.41, 5.74) is 1.71. The zero-order valence-electron chi connectivity index (χ0n) is 15.5. The van der Waals surface area contributed by atoms with Crippen molar-refractivity contribution in [3.63, 3.8) is 0 Å². The van der Waals surface area contributed by atoms with E-state index in [0.717, 1.165) is 18.4 Å². The van der Waals surface area contributed by atoms with E-state index in [1.807, 2.05) is 0 Å². The van der Waals surface area contributed by atoms with E-state index in [1.165, 1.54) is 24.4 Å². The number of aliphatic carboxylic acids is 1. The van der Waals surface area contributed by atoms with Gasteiger partial charge in [-0.25, -0.2) is 27.6 Å². The van der Waals surface area contributed by atoms with E-state index in [4.69, 9.17) is 16.7 Å². The van der Waals surface area contributed by atoms with Crippen LogP contribution in [-0.2, 0) is 14.6 Å². The predicted molar refractivity (Wildman–Crippen MR) is 112 cm³/mol. The molecule has 2 N–H and O–H groups in total. The van der Waals surface area contributed by atoms with Crippen LogP contribution in [0.15, 0.2) is 59.8 Å². The first-order valence-corrected chi connectivity index (χ1v) is 10.7. The molecular weight excluding hydrogens is 433 g/mol. The van der Waals surface area contributed by atoms with Crippen LogP contribution in [0.4, 0.5) is 16.0 Å². The van der Waals surface area contributed by atoms with Gasteiger partial charge in [-0.1, -0.05) is 29.8 Å². The Labute approximate surface area is 176 Å². The van der Waals surface area contributed by atoms with Crippen LogP contribution >= 0.6 is 11.6 Å². The molecule has 0 fully saturated rings. The van der Waals surface area contributed by atoms with Crippen LogP contribution in [0.25, 0.3) is 17.2 Å². The van der Waals surface area contributed by atoms with Gasteiger partial charge in [-0.2, -0.15) is 0 Å². The van der Waals surface area contributed by atoms with Crippen molar-refractivity contribution in [2.45, 2.75) is 5.03 Å². The van der Waals surface area contributed by atoms with Crippen molar-refractivity contribution < 1.29 is 22.7 Å². The second-order valence-electron chi connectivity index (χ2n) is 6.24. The monoisotopic (exact) mass is 447 g/mol. The molecule has 0 amide bonds. The Morgan fingerprint density at radius 2 is 2.00 bits per heavy atom. The fourth-order valence-electron chi connectivity index (χ4n) is 2.59. The van der Waals surface area contributed by atoms with Crippen LogP contribution in [0.5, 0.6) is 0 Å². The number of rotatable bonds is 6. The summed E-state index contributed by atoms with van der Waals surface area (Å²) in [4.78, 5) is 19.0. The van der Waals surface area contributed by atoms with Gasteiger partial charge in [0, 0.05) is 29.8 Å². The van der Waals surface area contributed by atoms with Crippen molar-refractivity contribution in [1.29, 1.82) is 0 Å². The highest BCUT2D eigenvalue weighted by atomic mass is 35.5. The fraction of sp³-hybridized carbons (Fsp3) is 0.0500. The Morgan fingerprint density at radius 3 is 2.67 bits per heavy atom. The molecule has 3 aromatic rings. The average Bonchev–Trinajstić information content (AvgIpc) is 2.69. The lowest BCUT2D eigenvalue weighted by molar-refractivity contribution is -0.131. The van der Waals surface area contributed by atoms with E-state index in [1.54, 1.807) is 24.3 Å². The molecule has 154 valence electrons. The third kappa shape index (κ3) is 5.19. The van der Waals surface area contributed by atoms with E-state index in [0.29, 0.717) is 16.8 Å². The standard InChI is InChI=1S/C20H15ClFN3O4S/c1-30(28,29)19-15(13-4-2-3-12(9-13)5-8-18(26)27)11-23-20(25-19)24-14-6-7-17(22)16(21)10-14/h2-11H,1H3,(H,26,27)(H,23,24,25)/b8-5+. The minimum Gasteiger partial charge on any atom is -0.478 e. The number of carbonyl (C=O) groups is 1. The first-order chi connectivity index (χ1) is 14.1.